The van der Waals surface area contributed by atoms with Gasteiger partial charge in [0.15, 0.2) is 5.82 Å². The fourth-order valence-corrected chi connectivity index (χ4v) is 3.20. The van der Waals surface area contributed by atoms with Gasteiger partial charge in [0.25, 0.3) is 0 Å². The number of piperazine rings is 1. The highest BCUT2D eigenvalue weighted by Crippen LogP contribution is 2.27. The molecule has 2 aromatic rings. The van der Waals surface area contributed by atoms with Gasteiger partial charge in [0.05, 0.1) is 6.54 Å². The quantitative estimate of drug-likeness (QED) is 0.836. The van der Waals surface area contributed by atoms with E-state index >= 15 is 0 Å². The van der Waals surface area contributed by atoms with Crippen molar-refractivity contribution in [3.63, 3.8) is 0 Å². The minimum Gasteiger partial charge on any atom is -0.353 e. The molecule has 1 atom stereocenters. The van der Waals surface area contributed by atoms with Crippen LogP contribution in [0.15, 0.2) is 24.5 Å². The fraction of sp³-hybridized carbons (Fsp3) is 0.500. The normalized spacial score (nSPS) is 19.0. The first-order chi connectivity index (χ1) is 12.2. The van der Waals surface area contributed by atoms with Gasteiger partial charge in [-0.2, -0.15) is 13.2 Å². The fourth-order valence-electron chi connectivity index (χ4n) is 3.20. The summed E-state index contributed by atoms with van der Waals surface area (Å²) < 4.78 is 38.1. The highest BCUT2D eigenvalue weighted by atomic mass is 19.4. The molecule has 2 aromatic heterocycles. The lowest BCUT2D eigenvalue weighted by Gasteiger charge is -2.41. The van der Waals surface area contributed by atoms with Crippen LogP contribution in [0.25, 0.3) is 11.4 Å². The van der Waals surface area contributed by atoms with Crippen molar-refractivity contribution < 1.29 is 13.2 Å². The Labute approximate surface area is 150 Å². The highest BCUT2D eigenvalue weighted by Gasteiger charge is 2.35. The Bertz CT molecular complexity index is 763. The Morgan fingerprint density at radius 2 is 1.81 bits per heavy atom. The molecular formula is C18H22F3N5. The Hall–Kier alpha value is -2.22. The predicted octanol–water partition coefficient (Wildman–Crippen LogP) is 3.23. The van der Waals surface area contributed by atoms with Gasteiger partial charge in [0.2, 0.25) is 0 Å². The second kappa shape index (κ2) is 7.19. The number of anilines is 1. The molecule has 140 valence electrons. The summed E-state index contributed by atoms with van der Waals surface area (Å²) in [6.07, 6.45) is -0.802. The first-order valence-corrected chi connectivity index (χ1v) is 8.56. The van der Waals surface area contributed by atoms with E-state index in [1.807, 2.05) is 32.9 Å². The van der Waals surface area contributed by atoms with E-state index in [0.717, 1.165) is 22.6 Å². The summed E-state index contributed by atoms with van der Waals surface area (Å²) in [5, 5.41) is 0. The molecule has 0 spiro atoms. The molecule has 0 N–H and O–H groups in total. The summed E-state index contributed by atoms with van der Waals surface area (Å²) in [5.41, 5.74) is 2.69. The van der Waals surface area contributed by atoms with Gasteiger partial charge in [-0.15, -0.1) is 0 Å². The van der Waals surface area contributed by atoms with Crippen LogP contribution in [0.1, 0.15) is 18.2 Å². The molecule has 0 aliphatic carbocycles. The van der Waals surface area contributed by atoms with E-state index < -0.39 is 12.7 Å². The van der Waals surface area contributed by atoms with Gasteiger partial charge >= 0.3 is 6.18 Å². The second-order valence-electron chi connectivity index (χ2n) is 6.70. The van der Waals surface area contributed by atoms with E-state index in [1.54, 1.807) is 12.4 Å². The number of hydrogen-bond acceptors (Lipinski definition) is 5. The third-order valence-electron chi connectivity index (χ3n) is 4.75. The molecule has 26 heavy (non-hydrogen) atoms. The van der Waals surface area contributed by atoms with Crippen LogP contribution in [-0.4, -0.2) is 58.2 Å². The standard InChI is InChI=1S/C18H22F3N5/c1-12-10-25(8-9-26(12)11-18(19,20)21)17-13(2)14(3)23-16(24-17)15-4-6-22-7-5-15/h4-7,12H,8-11H2,1-3H3. The van der Waals surface area contributed by atoms with Crippen LogP contribution >= 0.6 is 0 Å². The minimum absolute atomic E-state index is 0.204. The molecule has 3 heterocycles. The Morgan fingerprint density at radius 1 is 1.12 bits per heavy atom. The summed E-state index contributed by atoms with van der Waals surface area (Å²) >= 11 is 0. The Balaban J connectivity index is 1.85. The summed E-state index contributed by atoms with van der Waals surface area (Å²) in [6.45, 7) is 6.20. The van der Waals surface area contributed by atoms with E-state index in [4.69, 9.17) is 4.98 Å². The number of halogens is 3. The summed E-state index contributed by atoms with van der Waals surface area (Å²) in [5.74, 6) is 1.40. The van der Waals surface area contributed by atoms with Gasteiger partial charge in [-0.25, -0.2) is 9.97 Å². The van der Waals surface area contributed by atoms with Crippen LogP contribution in [-0.2, 0) is 0 Å². The first-order valence-electron chi connectivity index (χ1n) is 8.56. The maximum absolute atomic E-state index is 12.7. The van der Waals surface area contributed by atoms with Crippen LogP contribution in [0.2, 0.25) is 0 Å². The molecule has 1 saturated heterocycles. The molecule has 1 aliphatic rings. The molecule has 8 heteroatoms. The maximum atomic E-state index is 12.7. The van der Waals surface area contributed by atoms with Crippen molar-refractivity contribution in [1.82, 2.24) is 19.9 Å². The van der Waals surface area contributed by atoms with Crippen LogP contribution in [0.5, 0.6) is 0 Å². The molecule has 0 bridgehead atoms. The molecule has 5 nitrogen and oxygen atoms in total. The zero-order valence-corrected chi connectivity index (χ0v) is 15.1. The number of aryl methyl sites for hydroxylation is 1. The van der Waals surface area contributed by atoms with E-state index in [1.165, 1.54) is 4.90 Å². The average Bonchev–Trinajstić information content (AvgIpc) is 2.59. The summed E-state index contributed by atoms with van der Waals surface area (Å²) in [7, 11) is 0. The number of nitrogens with zero attached hydrogens (tertiary/aromatic N) is 5. The molecule has 0 saturated carbocycles. The van der Waals surface area contributed by atoms with Gasteiger partial charge in [-0.3, -0.25) is 9.88 Å². The highest BCUT2D eigenvalue weighted by molar-refractivity contribution is 5.60. The third-order valence-corrected chi connectivity index (χ3v) is 4.75. The van der Waals surface area contributed by atoms with E-state index in [-0.39, 0.29) is 6.04 Å². The number of hydrogen-bond donors (Lipinski definition) is 0. The number of pyridine rings is 1. The molecule has 0 amide bonds. The monoisotopic (exact) mass is 365 g/mol. The lowest BCUT2D eigenvalue weighted by Crippen LogP contribution is -2.54. The number of alkyl halides is 3. The SMILES string of the molecule is Cc1nc(-c2ccncc2)nc(N2CCN(CC(F)(F)F)C(C)C2)c1C. The molecule has 0 aromatic carbocycles. The van der Waals surface area contributed by atoms with E-state index in [0.29, 0.717) is 25.5 Å². The molecule has 1 fully saturated rings. The van der Waals surface area contributed by atoms with Gasteiger partial charge < -0.3 is 4.90 Å². The van der Waals surface area contributed by atoms with Gasteiger partial charge in [-0.1, -0.05) is 0 Å². The van der Waals surface area contributed by atoms with Crippen molar-refractivity contribution in [2.24, 2.45) is 0 Å². The van der Waals surface area contributed by atoms with Crippen molar-refractivity contribution in [2.45, 2.75) is 33.0 Å². The summed E-state index contributed by atoms with van der Waals surface area (Å²) in [4.78, 5) is 16.8. The lowest BCUT2D eigenvalue weighted by molar-refractivity contribution is -0.150. The minimum atomic E-state index is -4.17. The van der Waals surface area contributed by atoms with Crippen molar-refractivity contribution >= 4 is 5.82 Å². The second-order valence-corrected chi connectivity index (χ2v) is 6.70. The first kappa shape index (κ1) is 18.6. The Kier molecular flexibility index (Phi) is 5.13. The number of rotatable bonds is 3. The molecule has 1 aliphatic heterocycles. The zero-order chi connectivity index (χ0) is 18.9. The van der Waals surface area contributed by atoms with Crippen molar-refractivity contribution in [3.05, 3.63) is 35.8 Å². The lowest BCUT2D eigenvalue weighted by atomic mass is 10.1. The smallest absolute Gasteiger partial charge is 0.353 e. The van der Waals surface area contributed by atoms with Crippen molar-refractivity contribution in [1.29, 1.82) is 0 Å². The zero-order valence-electron chi connectivity index (χ0n) is 15.1. The van der Waals surface area contributed by atoms with Gasteiger partial charge in [0.1, 0.15) is 5.82 Å². The molecule has 0 radical (unpaired) electrons. The van der Waals surface area contributed by atoms with Crippen LogP contribution in [0.3, 0.4) is 0 Å². The molecular weight excluding hydrogens is 343 g/mol. The molecule has 1 unspecified atom stereocenters. The third kappa shape index (κ3) is 4.12. The predicted molar refractivity (Wildman–Crippen MR) is 94.0 cm³/mol. The topological polar surface area (TPSA) is 45.2 Å². The van der Waals surface area contributed by atoms with Gasteiger partial charge in [-0.05, 0) is 32.9 Å². The van der Waals surface area contributed by atoms with Crippen molar-refractivity contribution in [2.75, 3.05) is 31.1 Å². The largest absolute Gasteiger partial charge is 0.401 e. The summed E-state index contributed by atoms with van der Waals surface area (Å²) in [6, 6.07) is 3.49. The number of aromatic nitrogens is 3. The van der Waals surface area contributed by atoms with Gasteiger partial charge in [0, 0.05) is 54.9 Å². The van der Waals surface area contributed by atoms with Crippen molar-refractivity contribution in [3.8, 4) is 11.4 Å². The van der Waals surface area contributed by atoms with E-state index in [9.17, 15) is 13.2 Å². The Morgan fingerprint density at radius 3 is 2.42 bits per heavy atom. The van der Waals surface area contributed by atoms with Crippen LogP contribution < -0.4 is 4.90 Å². The van der Waals surface area contributed by atoms with Crippen LogP contribution in [0.4, 0.5) is 19.0 Å². The van der Waals surface area contributed by atoms with E-state index in [2.05, 4.69) is 14.9 Å². The molecule has 3 rings (SSSR count). The average molecular weight is 365 g/mol. The van der Waals surface area contributed by atoms with Crippen LogP contribution in [0, 0.1) is 13.8 Å². The maximum Gasteiger partial charge on any atom is 0.401 e.